The van der Waals surface area contributed by atoms with E-state index < -0.39 is 17.9 Å². The van der Waals surface area contributed by atoms with Gasteiger partial charge in [0.25, 0.3) is 0 Å². The van der Waals surface area contributed by atoms with Crippen molar-refractivity contribution in [1.29, 1.82) is 0 Å². The molecule has 0 saturated heterocycles. The summed E-state index contributed by atoms with van der Waals surface area (Å²) >= 11 is 0. The van der Waals surface area contributed by atoms with E-state index in [-0.39, 0.29) is 22.3 Å². The van der Waals surface area contributed by atoms with Crippen LogP contribution in [0.15, 0.2) is 12.1 Å². The Kier molecular flexibility index (Phi) is 4.63. The number of methoxy groups -OCH3 is 3. The molecule has 19 heavy (non-hydrogen) atoms. The normalized spacial score (nSPS) is 9.68. The highest BCUT2D eigenvalue weighted by Gasteiger charge is 2.21. The van der Waals surface area contributed by atoms with Gasteiger partial charge in [-0.25, -0.2) is 14.4 Å². The van der Waals surface area contributed by atoms with Crippen LogP contribution in [0.5, 0.6) is 0 Å². The van der Waals surface area contributed by atoms with E-state index in [9.17, 15) is 14.4 Å². The van der Waals surface area contributed by atoms with Crippen molar-refractivity contribution in [3.8, 4) is 0 Å². The molecular formula is C13H13O6. The highest BCUT2D eigenvalue weighted by atomic mass is 16.5. The van der Waals surface area contributed by atoms with Crippen LogP contribution >= 0.6 is 0 Å². The number of hydrogen-bond donors (Lipinski definition) is 0. The van der Waals surface area contributed by atoms with Gasteiger partial charge in [-0.2, -0.15) is 0 Å². The molecule has 0 N–H and O–H groups in total. The molecule has 0 spiro atoms. The monoisotopic (exact) mass is 265 g/mol. The summed E-state index contributed by atoms with van der Waals surface area (Å²) in [6, 6.07) is 2.51. The molecule has 1 radical (unpaired) electrons. The second kappa shape index (κ2) is 5.99. The van der Waals surface area contributed by atoms with E-state index >= 15 is 0 Å². The Labute approximate surface area is 110 Å². The summed E-state index contributed by atoms with van der Waals surface area (Å²) in [7, 11) is 3.56. The van der Waals surface area contributed by atoms with Gasteiger partial charge in [-0.1, -0.05) is 0 Å². The van der Waals surface area contributed by atoms with Crippen LogP contribution in [0.25, 0.3) is 0 Å². The Bertz CT molecular complexity index is 495. The number of ether oxygens (including phenoxy) is 3. The van der Waals surface area contributed by atoms with E-state index in [2.05, 4.69) is 21.1 Å². The Morgan fingerprint density at radius 1 is 0.842 bits per heavy atom. The maximum Gasteiger partial charge on any atom is 0.338 e. The van der Waals surface area contributed by atoms with Crippen LogP contribution < -0.4 is 0 Å². The first kappa shape index (κ1) is 14.7. The quantitative estimate of drug-likeness (QED) is 0.604. The molecule has 1 rings (SSSR count). The first-order valence-electron chi connectivity index (χ1n) is 5.21. The molecule has 0 fully saturated rings. The van der Waals surface area contributed by atoms with E-state index in [0.717, 1.165) is 0 Å². The maximum absolute atomic E-state index is 11.6. The van der Waals surface area contributed by atoms with Gasteiger partial charge < -0.3 is 14.2 Å². The van der Waals surface area contributed by atoms with Gasteiger partial charge >= 0.3 is 17.9 Å². The molecular weight excluding hydrogens is 252 g/mol. The average molecular weight is 265 g/mol. The molecule has 1 aromatic rings. The zero-order chi connectivity index (χ0) is 14.6. The third-order valence-corrected chi connectivity index (χ3v) is 2.48. The van der Waals surface area contributed by atoms with E-state index in [0.29, 0.717) is 0 Å². The summed E-state index contributed by atoms with van der Waals surface area (Å²) in [6.07, 6.45) is 0. The van der Waals surface area contributed by atoms with Crippen LogP contribution in [0.3, 0.4) is 0 Å². The topological polar surface area (TPSA) is 78.9 Å². The van der Waals surface area contributed by atoms with Gasteiger partial charge in [-0.15, -0.1) is 0 Å². The van der Waals surface area contributed by atoms with Gasteiger partial charge in [0.15, 0.2) is 0 Å². The van der Waals surface area contributed by atoms with Gasteiger partial charge in [0, 0.05) is 0 Å². The average Bonchev–Trinajstić information content (AvgIpc) is 2.44. The molecule has 0 aliphatic rings. The summed E-state index contributed by atoms with van der Waals surface area (Å²) in [5.41, 5.74) is 0.179. The van der Waals surface area contributed by atoms with Crippen LogP contribution in [-0.4, -0.2) is 39.2 Å². The summed E-state index contributed by atoms with van der Waals surface area (Å²) in [6.45, 7) is 3.63. The van der Waals surface area contributed by atoms with Gasteiger partial charge in [-0.05, 0) is 24.6 Å². The largest absolute Gasteiger partial charge is 0.465 e. The molecule has 0 unspecified atom stereocenters. The van der Waals surface area contributed by atoms with Crippen molar-refractivity contribution in [2.45, 2.75) is 0 Å². The molecule has 6 nitrogen and oxygen atoms in total. The highest BCUT2D eigenvalue weighted by molar-refractivity contribution is 6.02. The second-order valence-electron chi connectivity index (χ2n) is 3.52. The fraction of sp³-hybridized carbons (Fsp3) is 0.231. The minimum absolute atomic E-state index is 0.00537. The predicted molar refractivity (Wildman–Crippen MR) is 64.9 cm³/mol. The van der Waals surface area contributed by atoms with Crippen molar-refractivity contribution >= 4 is 17.9 Å². The van der Waals surface area contributed by atoms with Crippen molar-refractivity contribution < 1.29 is 28.6 Å². The molecule has 0 saturated carbocycles. The first-order chi connectivity index (χ1) is 8.96. The van der Waals surface area contributed by atoms with Crippen molar-refractivity contribution in [2.24, 2.45) is 0 Å². The lowest BCUT2D eigenvalue weighted by atomic mass is 9.98. The Hall–Kier alpha value is -2.37. The van der Waals surface area contributed by atoms with Crippen molar-refractivity contribution in [2.75, 3.05) is 21.3 Å². The molecule has 0 bridgehead atoms. The Morgan fingerprint density at radius 2 is 1.21 bits per heavy atom. The van der Waals surface area contributed by atoms with Crippen LogP contribution in [0.2, 0.25) is 0 Å². The molecule has 0 amide bonds. The van der Waals surface area contributed by atoms with E-state index in [4.69, 9.17) is 0 Å². The highest BCUT2D eigenvalue weighted by Crippen LogP contribution is 2.19. The van der Waals surface area contributed by atoms with Gasteiger partial charge in [0.2, 0.25) is 0 Å². The fourth-order valence-electron chi connectivity index (χ4n) is 1.49. The second-order valence-corrected chi connectivity index (χ2v) is 3.52. The number of benzene rings is 1. The fourth-order valence-corrected chi connectivity index (χ4v) is 1.49. The lowest BCUT2D eigenvalue weighted by molar-refractivity contribution is 0.0597. The Balaban J connectivity index is 3.51. The number of carbonyl (C=O) groups excluding carboxylic acids is 3. The molecule has 0 heterocycles. The summed E-state index contributed by atoms with van der Waals surface area (Å²) < 4.78 is 13.7. The Morgan fingerprint density at radius 3 is 1.53 bits per heavy atom. The van der Waals surface area contributed by atoms with Crippen molar-refractivity contribution in [3.63, 3.8) is 0 Å². The number of rotatable bonds is 3. The molecule has 6 heteroatoms. The summed E-state index contributed by atoms with van der Waals surface area (Å²) in [4.78, 5) is 34.7. The summed E-state index contributed by atoms with van der Waals surface area (Å²) in [5, 5.41) is 0. The molecule has 0 aromatic heterocycles. The number of esters is 3. The zero-order valence-corrected chi connectivity index (χ0v) is 10.8. The molecule has 1 aromatic carbocycles. The van der Waals surface area contributed by atoms with Gasteiger partial charge in [0.05, 0.1) is 38.0 Å². The number of hydrogen-bond acceptors (Lipinski definition) is 6. The van der Waals surface area contributed by atoms with Crippen LogP contribution in [0.1, 0.15) is 36.6 Å². The first-order valence-corrected chi connectivity index (χ1v) is 5.21. The lowest BCUT2D eigenvalue weighted by Crippen LogP contribution is -2.14. The maximum atomic E-state index is 11.6. The van der Waals surface area contributed by atoms with Gasteiger partial charge in [0.1, 0.15) is 0 Å². The van der Waals surface area contributed by atoms with Gasteiger partial charge in [-0.3, -0.25) is 0 Å². The molecule has 0 aliphatic carbocycles. The smallest absolute Gasteiger partial charge is 0.338 e. The molecule has 101 valence electrons. The minimum Gasteiger partial charge on any atom is -0.465 e. The van der Waals surface area contributed by atoms with Crippen LogP contribution in [-0.2, 0) is 14.2 Å². The van der Waals surface area contributed by atoms with Crippen molar-refractivity contribution in [3.05, 3.63) is 41.3 Å². The van der Waals surface area contributed by atoms with E-state index in [1.807, 2.05) is 0 Å². The standard InChI is InChI=1S/C13H13O6/c1-7-9(12(15)18-3)5-8(11(14)17-2)6-10(7)13(16)19-4/h5-6H,1H2,2-4H3. The third-order valence-electron chi connectivity index (χ3n) is 2.48. The zero-order valence-electron chi connectivity index (χ0n) is 10.8. The third kappa shape index (κ3) is 2.90. The van der Waals surface area contributed by atoms with Crippen LogP contribution in [0.4, 0.5) is 0 Å². The van der Waals surface area contributed by atoms with Crippen LogP contribution in [0, 0.1) is 6.92 Å². The predicted octanol–water partition coefficient (Wildman–Crippen LogP) is 1.23. The summed E-state index contributed by atoms with van der Waals surface area (Å²) in [5.74, 6) is -2.10. The lowest BCUT2D eigenvalue weighted by Gasteiger charge is -2.10. The van der Waals surface area contributed by atoms with E-state index in [1.54, 1.807) is 0 Å². The van der Waals surface area contributed by atoms with E-state index in [1.165, 1.54) is 33.5 Å². The SMILES string of the molecule is [CH2]c1c(C(=O)OC)cc(C(=O)OC)cc1C(=O)OC. The minimum atomic E-state index is -0.707. The molecule has 0 aliphatic heterocycles. The van der Waals surface area contributed by atoms with Crippen molar-refractivity contribution in [1.82, 2.24) is 0 Å². The number of carbonyl (C=O) groups is 3. The molecule has 0 atom stereocenters.